The zero-order valence-electron chi connectivity index (χ0n) is 14.2. The summed E-state index contributed by atoms with van der Waals surface area (Å²) >= 11 is 1.53. The summed E-state index contributed by atoms with van der Waals surface area (Å²) in [6, 6.07) is 10.0. The Morgan fingerprint density at radius 1 is 1.21 bits per heavy atom. The number of amides is 1. The smallest absolute Gasteiger partial charge is 0.230 e. The number of aromatic nitrogens is 3. The van der Waals surface area contributed by atoms with Crippen molar-refractivity contribution in [2.75, 3.05) is 5.32 Å². The molecule has 0 aliphatic rings. The largest absolute Gasteiger partial charge is 0.310 e. The summed E-state index contributed by atoms with van der Waals surface area (Å²) in [5.74, 6) is 1.37. The first-order valence-corrected chi connectivity index (χ1v) is 8.61. The second-order valence-electron chi connectivity index (χ2n) is 6.61. The topological polar surface area (TPSA) is 59.8 Å². The van der Waals surface area contributed by atoms with Crippen molar-refractivity contribution >= 4 is 23.1 Å². The summed E-state index contributed by atoms with van der Waals surface area (Å²) in [5, 5.41) is 5.75. The molecule has 24 heavy (non-hydrogen) atoms. The number of thiazole rings is 1. The fourth-order valence-electron chi connectivity index (χ4n) is 2.19. The van der Waals surface area contributed by atoms with E-state index in [0.717, 1.165) is 22.2 Å². The van der Waals surface area contributed by atoms with Crippen LogP contribution in [0, 0.1) is 12.3 Å². The third-order valence-corrected chi connectivity index (χ3v) is 4.44. The second-order valence-corrected chi connectivity index (χ2v) is 7.45. The fourth-order valence-corrected chi connectivity index (χ4v) is 3.08. The lowest BCUT2D eigenvalue weighted by Crippen LogP contribution is -2.28. The normalized spacial score (nSPS) is 11.5. The third kappa shape index (κ3) is 3.23. The minimum atomic E-state index is -0.471. The molecule has 3 aromatic rings. The van der Waals surface area contributed by atoms with Gasteiger partial charge in [-0.3, -0.25) is 9.36 Å². The van der Waals surface area contributed by atoms with Gasteiger partial charge in [-0.25, -0.2) is 9.97 Å². The van der Waals surface area contributed by atoms with Crippen LogP contribution in [0.2, 0.25) is 0 Å². The molecule has 2 aromatic heterocycles. The van der Waals surface area contributed by atoms with Crippen LogP contribution in [0.4, 0.5) is 5.82 Å². The lowest BCUT2D eigenvalue weighted by molar-refractivity contribution is -0.123. The van der Waals surface area contributed by atoms with E-state index in [4.69, 9.17) is 4.98 Å². The molecule has 0 fully saturated rings. The fraction of sp³-hybridized carbons (Fsp3) is 0.278. The molecule has 0 aliphatic heterocycles. The number of nitrogens with one attached hydrogen (secondary N) is 1. The molecular weight excluding hydrogens is 320 g/mol. The number of benzene rings is 1. The van der Waals surface area contributed by atoms with E-state index in [1.54, 1.807) is 6.20 Å². The van der Waals surface area contributed by atoms with Crippen LogP contribution >= 0.6 is 11.3 Å². The average molecular weight is 340 g/mol. The van der Waals surface area contributed by atoms with Gasteiger partial charge in [-0.05, 0) is 6.92 Å². The molecule has 1 aromatic carbocycles. The molecule has 5 nitrogen and oxygen atoms in total. The molecule has 124 valence electrons. The number of rotatable bonds is 3. The Balaban J connectivity index is 1.95. The summed E-state index contributed by atoms with van der Waals surface area (Å²) in [4.78, 5) is 21.3. The van der Waals surface area contributed by atoms with Gasteiger partial charge in [-0.1, -0.05) is 51.1 Å². The van der Waals surface area contributed by atoms with Gasteiger partial charge in [0.25, 0.3) is 0 Å². The first kappa shape index (κ1) is 16.4. The molecular formula is C18H20N4OS. The van der Waals surface area contributed by atoms with E-state index in [1.807, 2.05) is 68.0 Å². The molecule has 1 amide bonds. The second kappa shape index (κ2) is 6.20. The molecule has 0 unspecified atom stereocenters. The maximum Gasteiger partial charge on any atom is 0.230 e. The minimum absolute atomic E-state index is 0.0523. The number of carbonyl (C=O) groups excluding carboxylic acids is 1. The van der Waals surface area contributed by atoms with Crippen LogP contribution in [-0.4, -0.2) is 20.4 Å². The molecule has 0 saturated carbocycles. The third-order valence-electron chi connectivity index (χ3n) is 3.61. The zero-order valence-corrected chi connectivity index (χ0v) is 15.0. The van der Waals surface area contributed by atoms with Gasteiger partial charge in [0, 0.05) is 16.4 Å². The van der Waals surface area contributed by atoms with Gasteiger partial charge in [-0.15, -0.1) is 11.3 Å². The number of aryl methyl sites for hydroxylation is 1. The lowest BCUT2D eigenvalue weighted by Gasteiger charge is -2.18. The number of imidazole rings is 1. The van der Waals surface area contributed by atoms with Crippen LogP contribution in [0.3, 0.4) is 0 Å². The maximum absolute atomic E-state index is 12.3. The van der Waals surface area contributed by atoms with Crippen molar-refractivity contribution in [2.45, 2.75) is 27.7 Å². The highest BCUT2D eigenvalue weighted by Gasteiger charge is 2.23. The van der Waals surface area contributed by atoms with Crippen molar-refractivity contribution in [2.24, 2.45) is 5.41 Å². The highest BCUT2D eigenvalue weighted by Crippen LogP contribution is 2.28. The van der Waals surface area contributed by atoms with Crippen molar-refractivity contribution in [3.8, 4) is 16.4 Å². The summed E-state index contributed by atoms with van der Waals surface area (Å²) in [5.41, 5.74) is 1.51. The average Bonchev–Trinajstić information content (AvgIpc) is 3.14. The van der Waals surface area contributed by atoms with Crippen LogP contribution in [0.25, 0.3) is 16.4 Å². The Morgan fingerprint density at radius 2 is 1.92 bits per heavy atom. The molecule has 0 aliphatic carbocycles. The Labute approximate surface area is 145 Å². The summed E-state index contributed by atoms with van der Waals surface area (Å²) in [6.45, 7) is 7.54. The molecule has 0 bridgehead atoms. The Kier molecular flexibility index (Phi) is 4.24. The number of nitrogens with zero attached hydrogens (tertiary/aromatic N) is 3. The quantitative estimate of drug-likeness (QED) is 0.774. The van der Waals surface area contributed by atoms with Crippen molar-refractivity contribution in [3.63, 3.8) is 0 Å². The van der Waals surface area contributed by atoms with Gasteiger partial charge in [0.15, 0.2) is 5.13 Å². The van der Waals surface area contributed by atoms with Gasteiger partial charge < -0.3 is 5.32 Å². The Hall–Kier alpha value is -2.47. The summed E-state index contributed by atoms with van der Waals surface area (Å²) in [6.07, 6.45) is 1.67. The summed E-state index contributed by atoms with van der Waals surface area (Å²) < 4.78 is 1.88. The monoisotopic (exact) mass is 340 g/mol. The molecule has 0 saturated heterocycles. The standard InChI is InChI=1S/C18H20N4OS/c1-12-19-10-15(21-16(23)18(2,3)4)22(12)17-20-14(11-24-17)13-8-6-5-7-9-13/h5-11H,1-4H3,(H,21,23). The molecule has 6 heteroatoms. The van der Waals surface area contributed by atoms with Crippen molar-refractivity contribution < 1.29 is 4.79 Å². The van der Waals surface area contributed by atoms with Gasteiger partial charge in [0.05, 0.1) is 11.9 Å². The van der Waals surface area contributed by atoms with E-state index in [-0.39, 0.29) is 5.91 Å². The highest BCUT2D eigenvalue weighted by atomic mass is 32.1. The first-order valence-electron chi connectivity index (χ1n) is 7.73. The highest BCUT2D eigenvalue weighted by molar-refractivity contribution is 7.12. The van der Waals surface area contributed by atoms with E-state index < -0.39 is 5.41 Å². The number of carbonyl (C=O) groups is 1. The molecule has 0 radical (unpaired) electrons. The van der Waals surface area contributed by atoms with E-state index in [0.29, 0.717) is 5.82 Å². The predicted octanol–water partition coefficient (Wildman–Crippen LogP) is 4.29. The van der Waals surface area contributed by atoms with Gasteiger partial charge in [0.2, 0.25) is 5.91 Å². The van der Waals surface area contributed by atoms with Crippen LogP contribution < -0.4 is 5.32 Å². The van der Waals surface area contributed by atoms with Gasteiger partial charge in [0.1, 0.15) is 11.6 Å². The number of anilines is 1. The SMILES string of the molecule is Cc1ncc(NC(=O)C(C)(C)C)n1-c1nc(-c2ccccc2)cs1. The first-order chi connectivity index (χ1) is 11.4. The number of hydrogen-bond acceptors (Lipinski definition) is 4. The number of hydrogen-bond donors (Lipinski definition) is 1. The maximum atomic E-state index is 12.3. The Morgan fingerprint density at radius 3 is 2.58 bits per heavy atom. The van der Waals surface area contributed by atoms with Crippen LogP contribution in [0.15, 0.2) is 41.9 Å². The Bertz CT molecular complexity index is 859. The van der Waals surface area contributed by atoms with E-state index >= 15 is 0 Å². The lowest BCUT2D eigenvalue weighted by atomic mass is 9.96. The van der Waals surface area contributed by atoms with Crippen LogP contribution in [0.1, 0.15) is 26.6 Å². The van der Waals surface area contributed by atoms with Crippen LogP contribution in [-0.2, 0) is 4.79 Å². The van der Waals surface area contributed by atoms with Gasteiger partial charge in [-0.2, -0.15) is 0 Å². The molecule has 0 spiro atoms. The van der Waals surface area contributed by atoms with E-state index in [2.05, 4.69) is 10.3 Å². The zero-order chi connectivity index (χ0) is 17.3. The van der Waals surface area contributed by atoms with Gasteiger partial charge >= 0.3 is 0 Å². The summed E-state index contributed by atoms with van der Waals surface area (Å²) in [7, 11) is 0. The van der Waals surface area contributed by atoms with Crippen molar-refractivity contribution in [3.05, 3.63) is 47.7 Å². The van der Waals surface area contributed by atoms with Crippen molar-refractivity contribution in [1.82, 2.24) is 14.5 Å². The van der Waals surface area contributed by atoms with Crippen LogP contribution in [0.5, 0.6) is 0 Å². The van der Waals surface area contributed by atoms with Crippen molar-refractivity contribution in [1.29, 1.82) is 0 Å². The predicted molar refractivity (Wildman–Crippen MR) is 97.5 cm³/mol. The van der Waals surface area contributed by atoms with E-state index in [1.165, 1.54) is 11.3 Å². The molecule has 1 N–H and O–H groups in total. The minimum Gasteiger partial charge on any atom is -0.310 e. The molecule has 2 heterocycles. The molecule has 0 atom stereocenters. The van der Waals surface area contributed by atoms with E-state index in [9.17, 15) is 4.79 Å². The molecule has 3 rings (SSSR count).